The highest BCUT2D eigenvalue weighted by molar-refractivity contribution is 5.72. The number of carbonyl (C=O) groups is 3. The highest BCUT2D eigenvalue weighted by atomic mass is 16.5. The van der Waals surface area contributed by atoms with E-state index in [4.69, 9.17) is 15.2 Å². The molecule has 0 unspecified atom stereocenters. The lowest BCUT2D eigenvalue weighted by atomic mass is 9.65. The summed E-state index contributed by atoms with van der Waals surface area (Å²) in [6.45, 7) is 11.4. The molecule has 3 N–H and O–H groups in total. The number of allylic oxidation sites excluding steroid dienone is 3. The fourth-order valence-electron chi connectivity index (χ4n) is 6.20. The quantitative estimate of drug-likeness (QED) is 0.378. The number of ether oxygens (including phenoxy) is 2. The van der Waals surface area contributed by atoms with Gasteiger partial charge in [0.15, 0.2) is 0 Å². The Labute approximate surface area is 242 Å². The number of fused-ring (bicyclic) bond motifs is 1. The summed E-state index contributed by atoms with van der Waals surface area (Å²) in [5.41, 5.74) is 6.91. The Balaban J connectivity index is 0.000000426. The van der Waals surface area contributed by atoms with Crippen LogP contribution in [0, 0.1) is 29.6 Å². The van der Waals surface area contributed by atoms with Gasteiger partial charge < -0.3 is 25.1 Å². The Morgan fingerprint density at radius 1 is 1.12 bits per heavy atom. The molecule has 0 aromatic carbocycles. The second kappa shape index (κ2) is 17.1. The fraction of sp³-hybridized carbons (Fsp3) is 0.788. The number of carbonyl (C=O) groups excluding carboxylic acids is 3. The monoisotopic (exact) mass is 561 g/mol. The first-order valence-electron chi connectivity index (χ1n) is 15.6. The third-order valence-corrected chi connectivity index (χ3v) is 8.58. The summed E-state index contributed by atoms with van der Waals surface area (Å²) in [6.07, 6.45) is 16.4. The lowest BCUT2D eigenvalue weighted by molar-refractivity contribution is -0.162. The molecular formula is C33H55NO6. The molecule has 228 valence electrons. The van der Waals surface area contributed by atoms with E-state index in [-0.39, 0.29) is 48.2 Å². The molecule has 0 spiro atoms. The first-order chi connectivity index (χ1) is 18.9. The van der Waals surface area contributed by atoms with Gasteiger partial charge in [-0.15, -0.1) is 0 Å². The van der Waals surface area contributed by atoms with E-state index in [0.717, 1.165) is 25.7 Å². The molecule has 1 aliphatic heterocycles. The Morgan fingerprint density at radius 3 is 2.33 bits per heavy atom. The first-order valence-corrected chi connectivity index (χ1v) is 15.6. The number of aliphatic hydroxyl groups excluding tert-OH is 1. The van der Waals surface area contributed by atoms with Crippen LogP contribution in [0.15, 0.2) is 23.8 Å². The van der Waals surface area contributed by atoms with Crippen molar-refractivity contribution in [1.82, 2.24) is 0 Å². The maximum absolute atomic E-state index is 12.5. The van der Waals surface area contributed by atoms with E-state index >= 15 is 0 Å². The van der Waals surface area contributed by atoms with Crippen molar-refractivity contribution in [3.05, 3.63) is 23.8 Å². The highest BCUT2D eigenvalue weighted by Gasteiger charge is 2.42. The number of aliphatic hydroxyl groups is 1. The van der Waals surface area contributed by atoms with Gasteiger partial charge >= 0.3 is 11.9 Å². The first kappa shape index (κ1) is 34.2. The maximum Gasteiger partial charge on any atom is 0.308 e. The molecule has 8 atom stereocenters. The molecule has 4 rings (SSSR count). The predicted octanol–water partition coefficient (Wildman–Crippen LogP) is 6.07. The zero-order valence-corrected chi connectivity index (χ0v) is 25.8. The van der Waals surface area contributed by atoms with Gasteiger partial charge in [-0.1, -0.05) is 65.2 Å². The van der Waals surface area contributed by atoms with Crippen LogP contribution in [0.3, 0.4) is 0 Å². The average Bonchev–Trinajstić information content (AvgIpc) is 2.87. The minimum atomic E-state index is -0.597. The molecule has 0 radical (unpaired) electrons. The topological polar surface area (TPSA) is 116 Å². The molecule has 4 aliphatic rings. The second-order valence-corrected chi connectivity index (χ2v) is 12.7. The van der Waals surface area contributed by atoms with E-state index in [9.17, 15) is 19.5 Å². The number of nitrogens with two attached hydrogens (primary N) is 1. The van der Waals surface area contributed by atoms with Gasteiger partial charge in [0, 0.05) is 18.4 Å². The smallest absolute Gasteiger partial charge is 0.308 e. The van der Waals surface area contributed by atoms with Crippen molar-refractivity contribution in [2.45, 2.75) is 137 Å². The largest absolute Gasteiger partial charge is 0.462 e. The highest BCUT2D eigenvalue weighted by Crippen LogP contribution is 2.45. The van der Waals surface area contributed by atoms with E-state index in [1.54, 1.807) is 0 Å². The van der Waals surface area contributed by atoms with Crippen molar-refractivity contribution < 1.29 is 29.0 Å². The number of esters is 2. The maximum atomic E-state index is 12.5. The van der Waals surface area contributed by atoms with Crippen LogP contribution in [0.2, 0.25) is 0 Å². The number of hydrogen-bond acceptors (Lipinski definition) is 7. The van der Waals surface area contributed by atoms with E-state index in [0.29, 0.717) is 30.2 Å². The van der Waals surface area contributed by atoms with Gasteiger partial charge in [-0.3, -0.25) is 9.59 Å². The van der Waals surface area contributed by atoms with Crippen LogP contribution in [-0.2, 0) is 23.9 Å². The van der Waals surface area contributed by atoms with Gasteiger partial charge in [0.05, 0.1) is 18.4 Å². The standard InChI is InChI=1S/C24H36O5.C6H13N.C3H6O/c1-5-15(3)24(27)29-21-11-14(2)10-17-7-6-16(4)20(23(17)21)9-8-19-12-18(25)13-22(26)28-19;7-6-4-2-1-3-5-6;1-3(2)4/h6-7,10,14-16,18-21,23,25H,5,8-9,11-13H2,1-4H3;6H,1-5,7H2;1-2H3/t14-,15-,16-,18+,19+,20-,21-,23-;;/m0../s1. The molecule has 7 heteroatoms. The zero-order chi connectivity index (χ0) is 29.8. The van der Waals surface area contributed by atoms with Crippen LogP contribution in [0.1, 0.15) is 112 Å². The van der Waals surface area contributed by atoms with Crippen LogP contribution in [-0.4, -0.2) is 47.2 Å². The van der Waals surface area contributed by atoms with E-state index < -0.39 is 6.10 Å². The summed E-state index contributed by atoms with van der Waals surface area (Å²) in [7, 11) is 0. The molecule has 40 heavy (non-hydrogen) atoms. The average molecular weight is 562 g/mol. The van der Waals surface area contributed by atoms with Crippen LogP contribution < -0.4 is 5.73 Å². The molecule has 3 aliphatic carbocycles. The Hall–Kier alpha value is -1.99. The van der Waals surface area contributed by atoms with E-state index in [1.807, 2.05) is 13.8 Å². The van der Waals surface area contributed by atoms with Crippen LogP contribution in [0.25, 0.3) is 0 Å². The molecule has 1 saturated carbocycles. The molecule has 0 bridgehead atoms. The van der Waals surface area contributed by atoms with E-state index in [1.165, 1.54) is 51.5 Å². The van der Waals surface area contributed by atoms with Crippen molar-refractivity contribution in [1.29, 1.82) is 0 Å². The van der Waals surface area contributed by atoms with Gasteiger partial charge in [0.1, 0.15) is 18.0 Å². The fourth-order valence-corrected chi connectivity index (χ4v) is 6.20. The SMILES string of the molecule is CC(C)=O.CC[C@H](C)C(=O)O[C@H]1C[C@@H](C)C=C2C=C[C@H](C)[C@H](CC[C@@H]3C[C@@H](O)CC(=O)O3)[C@H]21.NC1CCCCC1. The van der Waals surface area contributed by atoms with Gasteiger partial charge in [0.2, 0.25) is 0 Å². The van der Waals surface area contributed by atoms with Crippen LogP contribution in [0.4, 0.5) is 0 Å². The zero-order valence-electron chi connectivity index (χ0n) is 25.8. The molecule has 1 saturated heterocycles. The van der Waals surface area contributed by atoms with Crippen molar-refractivity contribution >= 4 is 17.7 Å². The molecule has 1 heterocycles. The van der Waals surface area contributed by atoms with Crippen molar-refractivity contribution in [2.75, 3.05) is 0 Å². The predicted molar refractivity (Wildman–Crippen MR) is 158 cm³/mol. The summed E-state index contributed by atoms with van der Waals surface area (Å²) in [4.78, 5) is 33.7. The summed E-state index contributed by atoms with van der Waals surface area (Å²) < 4.78 is 11.5. The Morgan fingerprint density at radius 2 is 1.77 bits per heavy atom. The summed E-state index contributed by atoms with van der Waals surface area (Å²) in [5, 5.41) is 9.89. The third kappa shape index (κ3) is 11.5. The number of ketones is 1. The van der Waals surface area contributed by atoms with Crippen LogP contribution >= 0.6 is 0 Å². The summed E-state index contributed by atoms with van der Waals surface area (Å²) >= 11 is 0. The molecular weight excluding hydrogens is 506 g/mol. The third-order valence-electron chi connectivity index (χ3n) is 8.58. The number of hydrogen-bond donors (Lipinski definition) is 2. The van der Waals surface area contributed by atoms with Gasteiger partial charge in [0.25, 0.3) is 0 Å². The number of rotatable bonds is 6. The van der Waals surface area contributed by atoms with Crippen molar-refractivity contribution in [3.8, 4) is 0 Å². The molecule has 0 aromatic rings. The van der Waals surface area contributed by atoms with Crippen molar-refractivity contribution in [2.24, 2.45) is 35.3 Å². The minimum Gasteiger partial charge on any atom is -0.462 e. The molecule has 0 aromatic heterocycles. The number of Topliss-reactive ketones (excluding diaryl/α,β-unsaturated/α-hetero) is 1. The van der Waals surface area contributed by atoms with Gasteiger partial charge in [-0.25, -0.2) is 0 Å². The summed E-state index contributed by atoms with van der Waals surface area (Å²) in [5.74, 6) is 0.921. The van der Waals surface area contributed by atoms with Gasteiger partial charge in [-0.05, 0) is 75.7 Å². The normalized spacial score (nSPS) is 32.5. The van der Waals surface area contributed by atoms with Gasteiger partial charge in [-0.2, -0.15) is 0 Å². The Kier molecular flexibility index (Phi) is 14.6. The summed E-state index contributed by atoms with van der Waals surface area (Å²) in [6, 6.07) is 0.536. The Bertz CT molecular complexity index is 872. The molecule has 0 amide bonds. The molecule has 7 nitrogen and oxygen atoms in total. The lowest BCUT2D eigenvalue weighted by Gasteiger charge is -2.43. The second-order valence-electron chi connectivity index (χ2n) is 12.7. The van der Waals surface area contributed by atoms with Crippen LogP contribution in [0.5, 0.6) is 0 Å². The molecule has 2 fully saturated rings. The van der Waals surface area contributed by atoms with Crippen molar-refractivity contribution in [3.63, 3.8) is 0 Å². The lowest BCUT2D eigenvalue weighted by Crippen LogP contribution is -2.42. The number of cyclic esters (lactones) is 1. The van der Waals surface area contributed by atoms with E-state index in [2.05, 4.69) is 32.1 Å². The minimum absolute atomic E-state index is 0.0854.